The zero-order valence-corrected chi connectivity index (χ0v) is 10.2. The number of aromatic nitrogens is 3. The fraction of sp³-hybridized carbons (Fsp3) is 0.364. The van der Waals surface area contributed by atoms with Gasteiger partial charge in [-0.3, -0.25) is 9.48 Å². The lowest BCUT2D eigenvalue weighted by molar-refractivity contribution is -0.121. The van der Waals surface area contributed by atoms with Crippen molar-refractivity contribution in [3.8, 4) is 0 Å². The number of nitrogens with zero attached hydrogens (tertiary/aromatic N) is 3. The molecule has 1 N–H and O–H groups in total. The predicted octanol–water partition coefficient (Wildman–Crippen LogP) is 1.09. The highest BCUT2D eigenvalue weighted by atomic mass is 32.1. The van der Waals surface area contributed by atoms with Gasteiger partial charge in [-0.25, -0.2) is 4.98 Å². The van der Waals surface area contributed by atoms with Crippen LogP contribution in [0.5, 0.6) is 0 Å². The molecule has 90 valence electrons. The van der Waals surface area contributed by atoms with Crippen molar-refractivity contribution in [2.24, 2.45) is 0 Å². The number of carbonyl (C=O) groups excluding carboxylic acids is 1. The van der Waals surface area contributed by atoms with Crippen LogP contribution in [-0.4, -0.2) is 27.2 Å². The lowest BCUT2D eigenvalue weighted by Gasteiger charge is -2.04. The quantitative estimate of drug-likeness (QED) is 0.835. The smallest absolute Gasteiger partial charge is 0.221 e. The van der Waals surface area contributed by atoms with E-state index in [0.29, 0.717) is 19.5 Å². The lowest BCUT2D eigenvalue weighted by atomic mass is 10.3. The maximum atomic E-state index is 11.5. The van der Waals surface area contributed by atoms with Crippen molar-refractivity contribution >= 4 is 17.2 Å². The van der Waals surface area contributed by atoms with Crippen LogP contribution in [0.1, 0.15) is 11.3 Å². The molecule has 0 atom stereocenters. The number of carbonyl (C=O) groups is 1. The third kappa shape index (κ3) is 3.99. The van der Waals surface area contributed by atoms with E-state index >= 15 is 0 Å². The highest BCUT2D eigenvalue weighted by Crippen LogP contribution is 2.07. The van der Waals surface area contributed by atoms with Gasteiger partial charge in [0.05, 0.1) is 6.54 Å². The Balaban J connectivity index is 1.61. The minimum absolute atomic E-state index is 0.0528. The van der Waals surface area contributed by atoms with Crippen LogP contribution >= 0.6 is 11.3 Å². The topological polar surface area (TPSA) is 59.8 Å². The molecule has 0 radical (unpaired) electrons. The summed E-state index contributed by atoms with van der Waals surface area (Å²) in [6, 6.07) is 4.10. The Kier molecular flexibility index (Phi) is 4.26. The molecule has 0 saturated heterocycles. The lowest BCUT2D eigenvalue weighted by Crippen LogP contribution is -2.26. The number of hydrogen-bond acceptors (Lipinski definition) is 4. The van der Waals surface area contributed by atoms with Crippen LogP contribution in [0.25, 0.3) is 0 Å². The third-order valence-corrected chi connectivity index (χ3v) is 3.24. The van der Waals surface area contributed by atoms with Crippen molar-refractivity contribution in [2.75, 3.05) is 6.54 Å². The van der Waals surface area contributed by atoms with Crippen molar-refractivity contribution in [3.05, 3.63) is 35.0 Å². The van der Waals surface area contributed by atoms with Gasteiger partial charge < -0.3 is 5.32 Å². The van der Waals surface area contributed by atoms with Crippen LogP contribution in [0, 0.1) is 0 Å². The summed E-state index contributed by atoms with van der Waals surface area (Å²) in [5.74, 6) is 0.0528. The van der Waals surface area contributed by atoms with Crippen molar-refractivity contribution in [2.45, 2.75) is 19.4 Å². The van der Waals surface area contributed by atoms with Crippen molar-refractivity contribution < 1.29 is 4.79 Å². The Hall–Kier alpha value is -1.69. The summed E-state index contributed by atoms with van der Waals surface area (Å²) in [5.41, 5.74) is 0. The predicted molar refractivity (Wildman–Crippen MR) is 65.7 cm³/mol. The molecule has 2 rings (SSSR count). The van der Waals surface area contributed by atoms with E-state index in [1.54, 1.807) is 22.3 Å². The van der Waals surface area contributed by atoms with E-state index in [-0.39, 0.29) is 5.91 Å². The third-order valence-electron chi connectivity index (χ3n) is 2.31. The first-order valence-electron chi connectivity index (χ1n) is 5.46. The molecule has 0 aliphatic carbocycles. The molecule has 0 aromatic carbocycles. The van der Waals surface area contributed by atoms with Crippen molar-refractivity contribution in [1.29, 1.82) is 0 Å². The minimum atomic E-state index is 0.0528. The molecule has 5 nitrogen and oxygen atoms in total. The number of thiophene rings is 1. The molecule has 0 bridgehead atoms. The van der Waals surface area contributed by atoms with Gasteiger partial charge in [-0.05, 0) is 17.9 Å². The van der Waals surface area contributed by atoms with Crippen LogP contribution in [0.4, 0.5) is 0 Å². The van der Waals surface area contributed by atoms with Crippen molar-refractivity contribution in [1.82, 2.24) is 20.1 Å². The normalized spacial score (nSPS) is 10.4. The Morgan fingerprint density at radius 2 is 2.47 bits per heavy atom. The maximum Gasteiger partial charge on any atom is 0.221 e. The molecule has 0 unspecified atom stereocenters. The number of hydrogen-bond donors (Lipinski definition) is 1. The summed E-state index contributed by atoms with van der Waals surface area (Å²) >= 11 is 1.71. The standard InChI is InChI=1S/C11H14N4OS/c16-11(4-6-15-9-12-8-14-15)13-5-3-10-2-1-7-17-10/h1-2,7-9H,3-6H2,(H,13,16). The van der Waals surface area contributed by atoms with Gasteiger partial charge in [0.15, 0.2) is 0 Å². The molecule has 0 aliphatic rings. The van der Waals surface area contributed by atoms with Crippen LogP contribution in [-0.2, 0) is 17.8 Å². The Morgan fingerprint density at radius 3 is 3.18 bits per heavy atom. The second-order valence-corrected chi connectivity index (χ2v) is 4.62. The van der Waals surface area contributed by atoms with Gasteiger partial charge in [-0.1, -0.05) is 6.07 Å². The molecule has 0 aliphatic heterocycles. The molecule has 2 heterocycles. The van der Waals surface area contributed by atoms with E-state index in [2.05, 4.69) is 21.5 Å². The SMILES string of the molecule is O=C(CCn1cncn1)NCCc1cccs1. The first-order chi connectivity index (χ1) is 8.34. The average molecular weight is 250 g/mol. The fourth-order valence-electron chi connectivity index (χ4n) is 1.43. The largest absolute Gasteiger partial charge is 0.356 e. The number of rotatable bonds is 6. The molecule has 17 heavy (non-hydrogen) atoms. The van der Waals surface area contributed by atoms with E-state index in [0.717, 1.165) is 6.42 Å². The van der Waals surface area contributed by atoms with Gasteiger partial charge >= 0.3 is 0 Å². The number of nitrogens with one attached hydrogen (secondary N) is 1. The highest BCUT2D eigenvalue weighted by Gasteiger charge is 2.02. The monoisotopic (exact) mass is 250 g/mol. The molecule has 0 fully saturated rings. The molecule has 1 amide bonds. The van der Waals surface area contributed by atoms with Gasteiger partial charge in [0, 0.05) is 17.8 Å². The summed E-state index contributed by atoms with van der Waals surface area (Å²) in [6.07, 6.45) is 4.41. The Bertz CT molecular complexity index is 438. The summed E-state index contributed by atoms with van der Waals surface area (Å²) < 4.78 is 1.65. The zero-order chi connectivity index (χ0) is 11.9. The van der Waals surface area contributed by atoms with E-state index in [9.17, 15) is 4.79 Å². The Labute approximate surface area is 103 Å². The first kappa shape index (κ1) is 11.8. The average Bonchev–Trinajstić information content (AvgIpc) is 2.99. The fourth-order valence-corrected chi connectivity index (χ4v) is 2.14. The minimum Gasteiger partial charge on any atom is -0.356 e. The van der Waals surface area contributed by atoms with Gasteiger partial charge in [0.25, 0.3) is 0 Å². The van der Waals surface area contributed by atoms with Crippen molar-refractivity contribution in [3.63, 3.8) is 0 Å². The molecule has 6 heteroatoms. The summed E-state index contributed by atoms with van der Waals surface area (Å²) in [5, 5.41) is 8.87. The molecule has 2 aromatic rings. The highest BCUT2D eigenvalue weighted by molar-refractivity contribution is 7.09. The van der Waals surface area contributed by atoms with Gasteiger partial charge in [0.2, 0.25) is 5.91 Å². The molecular weight excluding hydrogens is 236 g/mol. The van der Waals surface area contributed by atoms with Crippen LogP contribution in [0.2, 0.25) is 0 Å². The molecule has 0 spiro atoms. The summed E-state index contributed by atoms with van der Waals surface area (Å²) in [6.45, 7) is 1.27. The molecule has 0 saturated carbocycles. The maximum absolute atomic E-state index is 11.5. The Morgan fingerprint density at radius 1 is 1.53 bits per heavy atom. The summed E-state index contributed by atoms with van der Waals surface area (Å²) in [4.78, 5) is 16.6. The summed E-state index contributed by atoms with van der Waals surface area (Å²) in [7, 11) is 0. The van der Waals surface area contributed by atoms with E-state index in [1.165, 1.54) is 11.2 Å². The first-order valence-corrected chi connectivity index (χ1v) is 6.34. The van der Waals surface area contributed by atoms with E-state index < -0.39 is 0 Å². The second kappa shape index (κ2) is 6.15. The van der Waals surface area contributed by atoms with Crippen LogP contribution in [0.3, 0.4) is 0 Å². The second-order valence-electron chi connectivity index (χ2n) is 3.59. The van der Waals surface area contributed by atoms with Gasteiger partial charge in [-0.2, -0.15) is 5.10 Å². The van der Waals surface area contributed by atoms with Gasteiger partial charge in [0.1, 0.15) is 12.7 Å². The number of amides is 1. The zero-order valence-electron chi connectivity index (χ0n) is 9.37. The van der Waals surface area contributed by atoms with E-state index in [4.69, 9.17) is 0 Å². The van der Waals surface area contributed by atoms with Gasteiger partial charge in [-0.15, -0.1) is 11.3 Å². The van der Waals surface area contributed by atoms with Crippen LogP contribution < -0.4 is 5.32 Å². The molecular formula is C11H14N4OS. The van der Waals surface area contributed by atoms with Crippen LogP contribution in [0.15, 0.2) is 30.2 Å². The van der Waals surface area contributed by atoms with E-state index in [1.807, 2.05) is 11.4 Å². The molecule has 2 aromatic heterocycles. The number of aryl methyl sites for hydroxylation is 1.